The standard InChI is InChI=1S/C28H27FN2O2.C2H6/c1-18(32)17-28(29)23-10-2-3-11-24(23)31(27(28)33)21-12-14-30(15-13-21)25-16-20-8-4-6-19-7-5-9-22(25)26(19)20;1-2/h2-11,21,25H,12-17H2,1H3;1-2H3. The van der Waals surface area contributed by atoms with Crippen LogP contribution in [0.3, 0.4) is 0 Å². The fourth-order valence-corrected chi connectivity index (χ4v) is 6.31. The third kappa shape index (κ3) is 3.77. The van der Waals surface area contributed by atoms with E-state index in [1.807, 2.05) is 26.0 Å². The summed E-state index contributed by atoms with van der Waals surface area (Å²) in [4.78, 5) is 29.3. The summed E-state index contributed by atoms with van der Waals surface area (Å²) < 4.78 is 15.9. The van der Waals surface area contributed by atoms with Crippen molar-refractivity contribution in [3.63, 3.8) is 0 Å². The first kappa shape index (κ1) is 23.7. The molecule has 2 heterocycles. The van der Waals surface area contributed by atoms with Crippen molar-refractivity contribution in [2.45, 2.75) is 64.2 Å². The molecule has 5 heteroatoms. The van der Waals surface area contributed by atoms with Gasteiger partial charge in [0.05, 0.1) is 12.1 Å². The zero-order valence-electron chi connectivity index (χ0n) is 20.8. The molecule has 0 radical (unpaired) electrons. The lowest BCUT2D eigenvalue weighted by Crippen LogP contribution is -2.49. The van der Waals surface area contributed by atoms with E-state index in [0.29, 0.717) is 17.3 Å². The third-order valence-electron chi connectivity index (χ3n) is 7.74. The third-order valence-corrected chi connectivity index (χ3v) is 7.74. The molecule has 1 amide bonds. The highest BCUT2D eigenvalue weighted by Gasteiger charge is 2.54. The van der Waals surface area contributed by atoms with Gasteiger partial charge in [-0.1, -0.05) is 68.4 Å². The van der Waals surface area contributed by atoms with E-state index < -0.39 is 18.0 Å². The highest BCUT2D eigenvalue weighted by Crippen LogP contribution is 2.48. The Bertz CT molecular complexity index is 1280. The summed E-state index contributed by atoms with van der Waals surface area (Å²) in [6.45, 7) is 7.06. The lowest BCUT2D eigenvalue weighted by atomic mass is 9.92. The molecule has 2 unspecified atom stereocenters. The molecule has 4 nitrogen and oxygen atoms in total. The molecule has 1 fully saturated rings. The molecule has 3 aromatic rings. The van der Waals surface area contributed by atoms with Crippen LogP contribution < -0.4 is 4.90 Å². The highest BCUT2D eigenvalue weighted by atomic mass is 19.1. The van der Waals surface area contributed by atoms with E-state index in [1.54, 1.807) is 17.0 Å². The van der Waals surface area contributed by atoms with Crippen LogP contribution in [0.4, 0.5) is 10.1 Å². The number of para-hydroxylation sites is 1. The molecule has 0 spiro atoms. The molecule has 35 heavy (non-hydrogen) atoms. The molecule has 2 aliphatic heterocycles. The summed E-state index contributed by atoms with van der Waals surface area (Å²) in [5.74, 6) is -0.886. The molecule has 2 atom stereocenters. The Balaban J connectivity index is 0.00000124. The van der Waals surface area contributed by atoms with Gasteiger partial charge in [0.2, 0.25) is 5.67 Å². The zero-order chi connectivity index (χ0) is 24.7. The number of Topliss-reactive ketones (excluding diaryl/α,β-unsaturated/α-hetero) is 1. The van der Waals surface area contributed by atoms with Crippen molar-refractivity contribution in [1.82, 2.24) is 4.90 Å². The normalized spacial score (nSPS) is 23.8. The Morgan fingerprint density at radius 3 is 2.40 bits per heavy atom. The van der Waals surface area contributed by atoms with Gasteiger partial charge in [0.15, 0.2) is 0 Å². The Labute approximate surface area is 206 Å². The van der Waals surface area contributed by atoms with E-state index >= 15 is 4.39 Å². The van der Waals surface area contributed by atoms with Crippen molar-refractivity contribution in [2.75, 3.05) is 18.0 Å². The number of alkyl halides is 1. The number of hydrogen-bond donors (Lipinski definition) is 0. The van der Waals surface area contributed by atoms with E-state index in [1.165, 1.54) is 28.8 Å². The number of piperidine rings is 1. The molecule has 3 aliphatic rings. The van der Waals surface area contributed by atoms with Crippen LogP contribution in [0.15, 0.2) is 60.7 Å². The molecular weight excluding hydrogens is 439 g/mol. The van der Waals surface area contributed by atoms with E-state index in [4.69, 9.17) is 0 Å². The second-order valence-electron chi connectivity index (χ2n) is 9.72. The van der Waals surface area contributed by atoms with Crippen molar-refractivity contribution < 1.29 is 14.0 Å². The summed E-state index contributed by atoms with van der Waals surface area (Å²) in [7, 11) is 0. The first-order chi connectivity index (χ1) is 17.0. The van der Waals surface area contributed by atoms with Crippen LogP contribution in [-0.4, -0.2) is 35.7 Å². The maximum atomic E-state index is 15.9. The van der Waals surface area contributed by atoms with Gasteiger partial charge in [-0.3, -0.25) is 14.5 Å². The Hall–Kier alpha value is -3.05. The number of rotatable bonds is 4. The van der Waals surface area contributed by atoms with E-state index in [9.17, 15) is 9.59 Å². The van der Waals surface area contributed by atoms with Gasteiger partial charge < -0.3 is 4.90 Å². The van der Waals surface area contributed by atoms with Crippen molar-refractivity contribution in [1.29, 1.82) is 0 Å². The average Bonchev–Trinajstić information content (AvgIpc) is 3.35. The van der Waals surface area contributed by atoms with Crippen LogP contribution in [-0.2, 0) is 21.7 Å². The number of benzene rings is 3. The summed E-state index contributed by atoms with van der Waals surface area (Å²) >= 11 is 0. The summed E-state index contributed by atoms with van der Waals surface area (Å²) in [6.07, 6.45) is 2.19. The molecule has 1 aliphatic carbocycles. The number of carbonyl (C=O) groups excluding carboxylic acids is 2. The quantitative estimate of drug-likeness (QED) is 0.459. The monoisotopic (exact) mass is 472 g/mol. The lowest BCUT2D eigenvalue weighted by Gasteiger charge is -2.40. The van der Waals surface area contributed by atoms with Gasteiger partial charge in [0.25, 0.3) is 5.91 Å². The van der Waals surface area contributed by atoms with Crippen LogP contribution in [0.1, 0.15) is 62.8 Å². The number of amides is 1. The van der Waals surface area contributed by atoms with Crippen molar-refractivity contribution in [3.8, 4) is 0 Å². The molecule has 0 bridgehead atoms. The van der Waals surface area contributed by atoms with Crippen molar-refractivity contribution in [2.24, 2.45) is 0 Å². The SMILES string of the molecule is CC.CC(=O)CC1(F)C(=O)N(C2CCN(C3Cc4cccc5cccc3c45)CC2)c2ccccc21. The van der Waals surface area contributed by atoms with Crippen LogP contribution >= 0.6 is 0 Å². The molecule has 1 saturated heterocycles. The fraction of sp³-hybridized carbons (Fsp3) is 0.400. The maximum Gasteiger partial charge on any atom is 0.270 e. The topological polar surface area (TPSA) is 40.6 Å². The van der Waals surface area contributed by atoms with E-state index in [0.717, 1.165) is 32.4 Å². The van der Waals surface area contributed by atoms with Gasteiger partial charge in [-0.15, -0.1) is 0 Å². The largest absolute Gasteiger partial charge is 0.306 e. The number of hydrogen-bond acceptors (Lipinski definition) is 3. The fourth-order valence-electron chi connectivity index (χ4n) is 6.31. The van der Waals surface area contributed by atoms with Gasteiger partial charge in [-0.25, -0.2) is 4.39 Å². The first-order valence-electron chi connectivity index (χ1n) is 12.8. The molecule has 3 aromatic carbocycles. The van der Waals surface area contributed by atoms with Gasteiger partial charge in [-0.2, -0.15) is 0 Å². The first-order valence-corrected chi connectivity index (χ1v) is 12.8. The molecule has 6 rings (SSSR count). The number of nitrogens with zero attached hydrogens (tertiary/aromatic N) is 2. The zero-order valence-corrected chi connectivity index (χ0v) is 20.8. The maximum absolute atomic E-state index is 15.9. The van der Waals surface area contributed by atoms with Crippen LogP contribution in [0, 0.1) is 0 Å². The van der Waals surface area contributed by atoms with E-state index in [-0.39, 0.29) is 11.8 Å². The van der Waals surface area contributed by atoms with Gasteiger partial charge in [-0.05, 0) is 54.2 Å². The van der Waals surface area contributed by atoms with Gasteiger partial charge >= 0.3 is 0 Å². The molecule has 182 valence electrons. The van der Waals surface area contributed by atoms with Gasteiger partial charge in [0.1, 0.15) is 5.78 Å². The minimum absolute atomic E-state index is 0.0564. The van der Waals surface area contributed by atoms with Crippen LogP contribution in [0.5, 0.6) is 0 Å². The van der Waals surface area contributed by atoms with E-state index in [2.05, 4.69) is 41.3 Å². The number of likely N-dealkylation sites (tertiary alicyclic amines) is 1. The Morgan fingerprint density at radius 2 is 1.69 bits per heavy atom. The minimum Gasteiger partial charge on any atom is -0.306 e. The molecule has 0 saturated carbocycles. The predicted octanol–water partition coefficient (Wildman–Crippen LogP) is 6.12. The van der Waals surface area contributed by atoms with Gasteiger partial charge in [0, 0.05) is 30.7 Å². The number of anilines is 1. The number of ketones is 1. The summed E-state index contributed by atoms with van der Waals surface area (Å²) in [6, 6.07) is 20.5. The predicted molar refractivity (Wildman–Crippen MR) is 138 cm³/mol. The Kier molecular flexibility index (Phi) is 6.22. The molecule has 0 N–H and O–H groups in total. The second-order valence-corrected chi connectivity index (χ2v) is 9.72. The highest BCUT2D eigenvalue weighted by molar-refractivity contribution is 6.09. The summed E-state index contributed by atoms with van der Waals surface area (Å²) in [5, 5.41) is 2.69. The average molecular weight is 473 g/mol. The van der Waals surface area contributed by atoms with Crippen LogP contribution in [0.2, 0.25) is 0 Å². The molecular formula is C30H33FN2O2. The summed E-state index contributed by atoms with van der Waals surface area (Å²) in [5.41, 5.74) is 1.52. The smallest absolute Gasteiger partial charge is 0.270 e. The number of halogens is 1. The minimum atomic E-state index is -2.25. The van der Waals surface area contributed by atoms with Crippen molar-refractivity contribution >= 4 is 28.2 Å². The number of carbonyl (C=O) groups is 2. The van der Waals surface area contributed by atoms with Crippen molar-refractivity contribution in [3.05, 3.63) is 77.4 Å². The lowest BCUT2D eigenvalue weighted by molar-refractivity contribution is -0.134. The Morgan fingerprint density at radius 1 is 1.00 bits per heavy atom. The number of fused-ring (bicyclic) bond motifs is 1. The molecule has 0 aromatic heterocycles. The van der Waals surface area contributed by atoms with Crippen LogP contribution in [0.25, 0.3) is 10.8 Å². The second kappa shape index (κ2) is 9.19.